The summed E-state index contributed by atoms with van der Waals surface area (Å²) in [6.07, 6.45) is 8.41. The highest BCUT2D eigenvalue weighted by molar-refractivity contribution is 5.76. The Labute approximate surface area is 85.0 Å². The standard InChI is InChI=1S/C14H14/c1-14-8-7-12(9-13(14)10-14)11-5-3-2-4-6-11/h2-9,13H,10H2,1H3/t13?,14-/m1/s1. The molecule has 14 heavy (non-hydrogen) atoms. The van der Waals surface area contributed by atoms with Crippen LogP contribution in [0.2, 0.25) is 0 Å². The van der Waals surface area contributed by atoms with Gasteiger partial charge in [0.2, 0.25) is 0 Å². The molecule has 0 nitrogen and oxygen atoms in total. The van der Waals surface area contributed by atoms with Crippen LogP contribution < -0.4 is 0 Å². The molecule has 1 fully saturated rings. The largest absolute Gasteiger partial charge is 0.0774 e. The summed E-state index contributed by atoms with van der Waals surface area (Å²) in [5.74, 6) is 0.794. The normalized spacial score (nSPS) is 33.5. The van der Waals surface area contributed by atoms with E-state index in [-0.39, 0.29) is 0 Å². The van der Waals surface area contributed by atoms with E-state index in [0.29, 0.717) is 5.41 Å². The van der Waals surface area contributed by atoms with Crippen molar-refractivity contribution in [3.8, 4) is 0 Å². The Kier molecular flexibility index (Phi) is 1.49. The summed E-state index contributed by atoms with van der Waals surface area (Å²) in [6, 6.07) is 10.6. The topological polar surface area (TPSA) is 0 Å². The second kappa shape index (κ2) is 2.60. The summed E-state index contributed by atoms with van der Waals surface area (Å²) in [5.41, 5.74) is 3.24. The van der Waals surface area contributed by atoms with Crippen LogP contribution in [0.15, 0.2) is 48.6 Å². The maximum atomic E-state index is 2.43. The van der Waals surface area contributed by atoms with E-state index in [1.54, 1.807) is 0 Å². The van der Waals surface area contributed by atoms with E-state index in [9.17, 15) is 0 Å². The van der Waals surface area contributed by atoms with Crippen molar-refractivity contribution in [2.45, 2.75) is 13.3 Å². The van der Waals surface area contributed by atoms with Gasteiger partial charge in [0, 0.05) is 0 Å². The van der Waals surface area contributed by atoms with Crippen LogP contribution in [0.3, 0.4) is 0 Å². The van der Waals surface area contributed by atoms with E-state index in [1.807, 2.05) is 0 Å². The molecule has 0 spiro atoms. The zero-order chi connectivity index (χ0) is 9.60. The Hall–Kier alpha value is -1.30. The molecule has 2 aliphatic carbocycles. The van der Waals surface area contributed by atoms with Gasteiger partial charge in [-0.1, -0.05) is 55.5 Å². The molecule has 1 aromatic rings. The van der Waals surface area contributed by atoms with Crippen LogP contribution in [0.25, 0.3) is 5.57 Å². The third-order valence-electron chi connectivity index (χ3n) is 3.48. The first-order chi connectivity index (χ1) is 6.78. The van der Waals surface area contributed by atoms with Gasteiger partial charge < -0.3 is 0 Å². The molecule has 0 N–H and O–H groups in total. The summed E-state index contributed by atoms with van der Waals surface area (Å²) >= 11 is 0. The molecule has 1 unspecified atom stereocenters. The van der Waals surface area contributed by atoms with Gasteiger partial charge in [0.15, 0.2) is 0 Å². The van der Waals surface area contributed by atoms with Crippen LogP contribution in [-0.2, 0) is 0 Å². The molecule has 0 bridgehead atoms. The molecule has 0 amide bonds. The van der Waals surface area contributed by atoms with E-state index in [2.05, 4.69) is 55.5 Å². The Morgan fingerprint density at radius 2 is 2.00 bits per heavy atom. The second-order valence-electron chi connectivity index (χ2n) is 4.64. The molecule has 2 aliphatic rings. The van der Waals surface area contributed by atoms with E-state index < -0.39 is 0 Å². The third-order valence-corrected chi connectivity index (χ3v) is 3.48. The molecule has 0 aliphatic heterocycles. The number of allylic oxidation sites excluding steroid dienone is 4. The van der Waals surface area contributed by atoms with Gasteiger partial charge in [-0.3, -0.25) is 0 Å². The zero-order valence-electron chi connectivity index (χ0n) is 8.40. The first kappa shape index (κ1) is 8.05. The smallest absolute Gasteiger partial charge is 0.00739 e. The molecule has 0 heterocycles. The first-order valence-corrected chi connectivity index (χ1v) is 5.24. The minimum Gasteiger partial charge on any atom is -0.0774 e. The fraction of sp³-hybridized carbons (Fsp3) is 0.286. The molecule has 1 saturated carbocycles. The lowest BCUT2D eigenvalue weighted by molar-refractivity contribution is 0.692. The Morgan fingerprint density at radius 3 is 2.71 bits per heavy atom. The molecule has 0 heteroatoms. The van der Waals surface area contributed by atoms with Crippen LogP contribution in [0.4, 0.5) is 0 Å². The van der Waals surface area contributed by atoms with Crippen LogP contribution >= 0.6 is 0 Å². The van der Waals surface area contributed by atoms with Crippen LogP contribution in [-0.4, -0.2) is 0 Å². The first-order valence-electron chi connectivity index (χ1n) is 5.24. The molecular formula is C14H14. The maximum absolute atomic E-state index is 2.43. The Balaban J connectivity index is 1.96. The summed E-state index contributed by atoms with van der Waals surface area (Å²) < 4.78 is 0. The molecular weight excluding hydrogens is 168 g/mol. The van der Waals surface area contributed by atoms with E-state index >= 15 is 0 Å². The number of rotatable bonds is 1. The summed E-state index contributed by atoms with van der Waals surface area (Å²) in [6.45, 7) is 2.34. The molecule has 2 atom stereocenters. The quantitative estimate of drug-likeness (QED) is 0.621. The van der Waals surface area contributed by atoms with Gasteiger partial charge >= 0.3 is 0 Å². The predicted octanol–water partition coefficient (Wildman–Crippen LogP) is 3.67. The fourth-order valence-electron chi connectivity index (χ4n) is 2.23. The van der Waals surface area contributed by atoms with Gasteiger partial charge in [0.25, 0.3) is 0 Å². The zero-order valence-corrected chi connectivity index (χ0v) is 8.40. The summed E-state index contributed by atoms with van der Waals surface area (Å²) in [7, 11) is 0. The van der Waals surface area contributed by atoms with Gasteiger partial charge in [0.05, 0.1) is 0 Å². The lowest BCUT2D eigenvalue weighted by Crippen LogP contribution is -1.96. The van der Waals surface area contributed by atoms with Gasteiger partial charge in [-0.25, -0.2) is 0 Å². The van der Waals surface area contributed by atoms with Crippen molar-refractivity contribution < 1.29 is 0 Å². The number of fused-ring (bicyclic) bond motifs is 1. The molecule has 0 aromatic heterocycles. The minimum atomic E-state index is 0.498. The lowest BCUT2D eigenvalue weighted by Gasteiger charge is -2.11. The van der Waals surface area contributed by atoms with Crippen LogP contribution in [0.1, 0.15) is 18.9 Å². The summed E-state index contributed by atoms with van der Waals surface area (Å²) in [5, 5.41) is 0. The van der Waals surface area contributed by atoms with Crippen molar-refractivity contribution >= 4 is 5.57 Å². The number of hydrogen-bond donors (Lipinski definition) is 0. The average Bonchev–Trinajstić information content (AvgIpc) is 2.90. The predicted molar refractivity (Wildman–Crippen MR) is 59.8 cm³/mol. The van der Waals surface area contributed by atoms with Gasteiger partial charge in [-0.2, -0.15) is 0 Å². The highest BCUT2D eigenvalue weighted by Gasteiger charge is 2.47. The van der Waals surface area contributed by atoms with Crippen molar-refractivity contribution in [1.82, 2.24) is 0 Å². The number of hydrogen-bond acceptors (Lipinski definition) is 0. The monoisotopic (exact) mass is 182 g/mol. The lowest BCUT2D eigenvalue weighted by atomic mass is 9.94. The average molecular weight is 182 g/mol. The maximum Gasteiger partial charge on any atom is -0.00739 e. The van der Waals surface area contributed by atoms with Crippen LogP contribution in [0, 0.1) is 11.3 Å². The van der Waals surface area contributed by atoms with E-state index in [0.717, 1.165) is 5.92 Å². The van der Waals surface area contributed by atoms with Crippen molar-refractivity contribution in [2.75, 3.05) is 0 Å². The molecule has 1 aromatic carbocycles. The molecule has 0 saturated heterocycles. The third kappa shape index (κ3) is 1.14. The highest BCUT2D eigenvalue weighted by Crippen LogP contribution is 2.57. The minimum absolute atomic E-state index is 0.498. The van der Waals surface area contributed by atoms with Gasteiger partial charge in [-0.05, 0) is 28.9 Å². The van der Waals surface area contributed by atoms with Crippen molar-refractivity contribution in [2.24, 2.45) is 11.3 Å². The Bertz CT molecular complexity index is 411. The van der Waals surface area contributed by atoms with E-state index in [1.165, 1.54) is 17.6 Å². The summed E-state index contributed by atoms with van der Waals surface area (Å²) in [4.78, 5) is 0. The molecule has 70 valence electrons. The SMILES string of the molecule is C[C@]12C=CC(c3ccccc3)=CC1C2. The molecule has 0 radical (unpaired) electrons. The van der Waals surface area contributed by atoms with E-state index in [4.69, 9.17) is 0 Å². The second-order valence-corrected chi connectivity index (χ2v) is 4.64. The van der Waals surface area contributed by atoms with Crippen molar-refractivity contribution in [3.05, 3.63) is 54.1 Å². The molecule has 3 rings (SSSR count). The van der Waals surface area contributed by atoms with Gasteiger partial charge in [0.1, 0.15) is 0 Å². The van der Waals surface area contributed by atoms with Gasteiger partial charge in [-0.15, -0.1) is 0 Å². The highest BCUT2D eigenvalue weighted by atomic mass is 14.5. The van der Waals surface area contributed by atoms with Crippen molar-refractivity contribution in [3.63, 3.8) is 0 Å². The Morgan fingerprint density at radius 1 is 1.21 bits per heavy atom. The van der Waals surface area contributed by atoms with Crippen LogP contribution in [0.5, 0.6) is 0 Å². The number of benzene rings is 1. The fourth-order valence-corrected chi connectivity index (χ4v) is 2.23. The van der Waals surface area contributed by atoms with Crippen molar-refractivity contribution in [1.29, 1.82) is 0 Å².